The van der Waals surface area contributed by atoms with Gasteiger partial charge in [-0.25, -0.2) is 0 Å². The van der Waals surface area contributed by atoms with Crippen molar-refractivity contribution in [3.05, 3.63) is 71.9 Å². The lowest BCUT2D eigenvalue weighted by Crippen LogP contribution is -2.09. The zero-order valence-corrected chi connectivity index (χ0v) is 12.2. The van der Waals surface area contributed by atoms with Crippen molar-refractivity contribution in [2.75, 3.05) is 5.32 Å². The Kier molecular flexibility index (Phi) is 3.94. The average Bonchev–Trinajstić information content (AvgIpc) is 2.91. The normalized spacial score (nSPS) is 11.6. The third-order valence-electron chi connectivity index (χ3n) is 3.17. The summed E-state index contributed by atoms with van der Waals surface area (Å²) in [6.07, 6.45) is 2.50. The molecule has 0 aliphatic heterocycles. The molecule has 0 aliphatic rings. The third kappa shape index (κ3) is 3.02. The number of amides is 1. The largest absolute Gasteiger partial charge is 0.322 e. The van der Waals surface area contributed by atoms with Gasteiger partial charge in [0.1, 0.15) is 0 Å². The summed E-state index contributed by atoms with van der Waals surface area (Å²) in [6.45, 7) is 0. The number of anilines is 1. The topological polar surface area (TPSA) is 34.0 Å². The summed E-state index contributed by atoms with van der Waals surface area (Å²) in [5.74, 6) is -1.21. The number of benzene rings is 2. The van der Waals surface area contributed by atoms with Gasteiger partial charge in [-0.3, -0.25) is 9.36 Å². The Morgan fingerprint density at radius 1 is 1.14 bits per heavy atom. The SMILES string of the molecule is O=C(/C=C(\F)n1ccc2ccccc21)Nc1cccc(Cl)c1. The molecule has 0 saturated heterocycles. The molecular weight excluding hydrogens is 303 g/mol. The van der Waals surface area contributed by atoms with E-state index in [9.17, 15) is 9.18 Å². The molecule has 0 fully saturated rings. The van der Waals surface area contributed by atoms with Crippen LogP contribution < -0.4 is 5.32 Å². The first kappa shape index (κ1) is 14.4. The molecule has 1 amide bonds. The van der Waals surface area contributed by atoms with Crippen molar-refractivity contribution in [1.29, 1.82) is 0 Å². The number of para-hydroxylation sites is 1. The van der Waals surface area contributed by atoms with Gasteiger partial charge in [-0.15, -0.1) is 0 Å². The molecule has 1 aromatic heterocycles. The van der Waals surface area contributed by atoms with Gasteiger partial charge in [-0.2, -0.15) is 4.39 Å². The highest BCUT2D eigenvalue weighted by Crippen LogP contribution is 2.20. The molecule has 1 N–H and O–H groups in total. The van der Waals surface area contributed by atoms with Crippen LogP contribution in [0, 0.1) is 0 Å². The van der Waals surface area contributed by atoms with Crippen molar-refractivity contribution in [2.45, 2.75) is 0 Å². The smallest absolute Gasteiger partial charge is 0.252 e. The number of fused-ring (bicyclic) bond motifs is 1. The van der Waals surface area contributed by atoms with Crippen molar-refractivity contribution < 1.29 is 9.18 Å². The maximum atomic E-state index is 14.3. The van der Waals surface area contributed by atoms with E-state index in [-0.39, 0.29) is 0 Å². The van der Waals surface area contributed by atoms with E-state index in [1.165, 1.54) is 4.57 Å². The standard InChI is InChI=1S/C17H12ClFN2O/c18-13-5-3-6-14(10-13)20-17(22)11-16(19)21-9-8-12-4-1-2-7-15(12)21/h1-11H,(H,20,22)/b16-11+. The van der Waals surface area contributed by atoms with Crippen molar-refractivity contribution in [3.63, 3.8) is 0 Å². The Labute approximate surface area is 131 Å². The second kappa shape index (κ2) is 6.03. The fraction of sp³-hybridized carbons (Fsp3) is 0. The van der Waals surface area contributed by atoms with Crippen LogP contribution in [0.3, 0.4) is 0 Å². The van der Waals surface area contributed by atoms with Crippen LogP contribution in [-0.2, 0) is 4.79 Å². The molecule has 5 heteroatoms. The molecule has 0 atom stereocenters. The van der Waals surface area contributed by atoms with Crippen LogP contribution in [0.15, 0.2) is 66.9 Å². The Morgan fingerprint density at radius 2 is 1.95 bits per heavy atom. The second-order valence-corrected chi connectivity index (χ2v) is 5.15. The lowest BCUT2D eigenvalue weighted by atomic mass is 10.2. The number of carbonyl (C=O) groups excluding carboxylic acids is 1. The van der Waals surface area contributed by atoms with Gasteiger partial charge in [-0.05, 0) is 30.3 Å². The third-order valence-corrected chi connectivity index (χ3v) is 3.41. The molecule has 22 heavy (non-hydrogen) atoms. The van der Waals surface area contributed by atoms with Gasteiger partial charge >= 0.3 is 0 Å². The van der Waals surface area contributed by atoms with Gasteiger partial charge in [-0.1, -0.05) is 35.9 Å². The number of hydrogen-bond donors (Lipinski definition) is 1. The Hall–Kier alpha value is -2.59. The highest BCUT2D eigenvalue weighted by molar-refractivity contribution is 6.30. The number of carbonyl (C=O) groups is 1. The van der Waals surface area contributed by atoms with Gasteiger partial charge in [0.25, 0.3) is 5.91 Å². The van der Waals surface area contributed by atoms with Gasteiger partial charge in [0.2, 0.25) is 5.95 Å². The lowest BCUT2D eigenvalue weighted by molar-refractivity contribution is -0.111. The zero-order chi connectivity index (χ0) is 15.5. The summed E-state index contributed by atoms with van der Waals surface area (Å²) in [5.41, 5.74) is 1.21. The number of rotatable bonds is 3. The molecule has 110 valence electrons. The first-order chi connectivity index (χ1) is 10.6. The van der Waals surface area contributed by atoms with Gasteiger partial charge < -0.3 is 5.32 Å². The molecule has 0 radical (unpaired) electrons. The van der Waals surface area contributed by atoms with Crippen LogP contribution in [-0.4, -0.2) is 10.5 Å². The van der Waals surface area contributed by atoms with Crippen molar-refractivity contribution in [1.82, 2.24) is 4.57 Å². The molecule has 3 aromatic rings. The number of halogens is 2. The van der Waals surface area contributed by atoms with Crippen LogP contribution in [0.2, 0.25) is 5.02 Å². The molecule has 2 aromatic carbocycles. The monoisotopic (exact) mass is 314 g/mol. The molecule has 0 saturated carbocycles. The quantitative estimate of drug-likeness (QED) is 0.698. The Balaban J connectivity index is 1.83. The maximum absolute atomic E-state index is 14.3. The van der Waals surface area contributed by atoms with Gasteiger partial charge in [0.05, 0.1) is 11.6 Å². The molecule has 0 aliphatic carbocycles. The van der Waals surface area contributed by atoms with Crippen LogP contribution in [0.4, 0.5) is 10.1 Å². The summed E-state index contributed by atoms with van der Waals surface area (Å²) in [6, 6.07) is 15.8. The average molecular weight is 315 g/mol. The molecule has 0 bridgehead atoms. The second-order valence-electron chi connectivity index (χ2n) is 4.71. The van der Waals surface area contributed by atoms with E-state index in [1.54, 1.807) is 42.6 Å². The molecule has 3 nitrogen and oxygen atoms in total. The van der Waals surface area contributed by atoms with Crippen molar-refractivity contribution in [3.8, 4) is 0 Å². The predicted molar refractivity (Wildman–Crippen MR) is 87.4 cm³/mol. The molecule has 0 spiro atoms. The summed E-state index contributed by atoms with van der Waals surface area (Å²) < 4.78 is 15.6. The minimum absolute atomic E-state index is 0.499. The van der Waals surface area contributed by atoms with E-state index in [0.717, 1.165) is 11.5 Å². The Morgan fingerprint density at radius 3 is 2.77 bits per heavy atom. The predicted octanol–water partition coefficient (Wildman–Crippen LogP) is 4.70. The van der Waals surface area contributed by atoms with E-state index in [0.29, 0.717) is 16.2 Å². The number of nitrogens with zero attached hydrogens (tertiary/aromatic N) is 1. The van der Waals surface area contributed by atoms with Crippen molar-refractivity contribution in [2.24, 2.45) is 0 Å². The van der Waals surface area contributed by atoms with Gasteiger partial charge in [0.15, 0.2) is 0 Å². The fourth-order valence-corrected chi connectivity index (χ4v) is 2.38. The first-order valence-electron chi connectivity index (χ1n) is 6.64. The number of nitrogens with one attached hydrogen (secondary N) is 1. The number of aromatic nitrogens is 1. The molecular formula is C17H12ClFN2O. The highest BCUT2D eigenvalue weighted by Gasteiger charge is 2.07. The van der Waals surface area contributed by atoms with E-state index >= 15 is 0 Å². The summed E-state index contributed by atoms with van der Waals surface area (Å²) in [4.78, 5) is 11.9. The summed E-state index contributed by atoms with van der Waals surface area (Å²) in [5, 5.41) is 3.97. The minimum Gasteiger partial charge on any atom is -0.322 e. The molecule has 0 unspecified atom stereocenters. The first-order valence-corrected chi connectivity index (χ1v) is 7.01. The minimum atomic E-state index is -0.652. The summed E-state index contributed by atoms with van der Waals surface area (Å²) >= 11 is 5.84. The van der Waals surface area contributed by atoms with E-state index in [2.05, 4.69) is 5.32 Å². The summed E-state index contributed by atoms with van der Waals surface area (Å²) in [7, 11) is 0. The zero-order valence-electron chi connectivity index (χ0n) is 11.5. The number of hydrogen-bond acceptors (Lipinski definition) is 1. The lowest BCUT2D eigenvalue weighted by Gasteiger charge is -2.04. The van der Waals surface area contributed by atoms with Crippen LogP contribution >= 0.6 is 11.6 Å². The van der Waals surface area contributed by atoms with E-state index in [1.807, 2.05) is 18.2 Å². The van der Waals surface area contributed by atoms with Crippen LogP contribution in [0.5, 0.6) is 0 Å². The van der Waals surface area contributed by atoms with Crippen LogP contribution in [0.25, 0.3) is 16.9 Å². The van der Waals surface area contributed by atoms with Crippen LogP contribution in [0.1, 0.15) is 0 Å². The van der Waals surface area contributed by atoms with Gasteiger partial charge in [0, 0.05) is 22.3 Å². The van der Waals surface area contributed by atoms with Crippen molar-refractivity contribution >= 4 is 40.0 Å². The maximum Gasteiger partial charge on any atom is 0.252 e. The molecule has 3 rings (SSSR count). The Bertz CT molecular complexity index is 870. The highest BCUT2D eigenvalue weighted by atomic mass is 35.5. The van der Waals surface area contributed by atoms with E-state index < -0.39 is 11.9 Å². The molecule has 1 heterocycles. The fourth-order valence-electron chi connectivity index (χ4n) is 2.19. The van der Waals surface area contributed by atoms with E-state index in [4.69, 9.17) is 11.6 Å².